The zero-order valence-corrected chi connectivity index (χ0v) is 46.9. The van der Waals surface area contributed by atoms with Crippen molar-refractivity contribution in [3.63, 3.8) is 0 Å². The van der Waals surface area contributed by atoms with Gasteiger partial charge in [0.15, 0.2) is 0 Å². The Balaban J connectivity index is 1.62. The highest BCUT2D eigenvalue weighted by atomic mass is 32.2. The van der Waals surface area contributed by atoms with Crippen LogP contribution >= 0.6 is 23.5 Å². The molecule has 0 spiro atoms. The second kappa shape index (κ2) is 21.5. The third-order valence-corrected chi connectivity index (χ3v) is 14.7. The van der Waals surface area contributed by atoms with Gasteiger partial charge in [-0.05, 0) is 101 Å². The van der Waals surface area contributed by atoms with Gasteiger partial charge >= 0.3 is 0 Å². The topological polar surface area (TPSA) is 72.6 Å². The van der Waals surface area contributed by atoms with Crippen LogP contribution in [0.25, 0.3) is 0 Å². The Morgan fingerprint density at radius 2 is 0.657 bits per heavy atom. The highest BCUT2D eigenvalue weighted by Gasteiger charge is 2.30. The number of rotatable bonds is 14. The van der Waals surface area contributed by atoms with Crippen molar-refractivity contribution in [2.24, 2.45) is 14.1 Å². The van der Waals surface area contributed by atoms with E-state index >= 15 is 0 Å². The monoisotopic (exact) mass is 985 g/mol. The van der Waals surface area contributed by atoms with E-state index < -0.39 is 0 Å². The molecule has 0 fully saturated rings. The lowest BCUT2D eigenvalue weighted by molar-refractivity contribution is 0.285. The van der Waals surface area contributed by atoms with Gasteiger partial charge in [-0.15, -0.1) is 0 Å². The van der Waals surface area contributed by atoms with E-state index in [0.717, 1.165) is 90.7 Å². The van der Waals surface area contributed by atoms with Crippen LogP contribution in [0.5, 0.6) is 23.0 Å². The van der Waals surface area contributed by atoms with Crippen LogP contribution in [-0.2, 0) is 74.7 Å². The second-order valence-electron chi connectivity index (χ2n) is 23.4. The van der Waals surface area contributed by atoms with E-state index in [1.54, 1.807) is 23.5 Å². The lowest BCUT2D eigenvalue weighted by atomic mass is 9.79. The van der Waals surface area contributed by atoms with Crippen molar-refractivity contribution in [1.29, 1.82) is 0 Å². The van der Waals surface area contributed by atoms with Gasteiger partial charge in [0, 0.05) is 76.1 Å². The van der Waals surface area contributed by atoms with E-state index in [0.29, 0.717) is 52.1 Å². The molecule has 4 aromatic carbocycles. The van der Waals surface area contributed by atoms with Crippen molar-refractivity contribution in [1.82, 2.24) is 19.1 Å². The first kappa shape index (κ1) is 53.0. The highest BCUT2D eigenvalue weighted by Crippen LogP contribution is 2.45. The molecule has 376 valence electrons. The van der Waals surface area contributed by atoms with Crippen molar-refractivity contribution < 1.29 is 18.9 Å². The predicted molar refractivity (Wildman–Crippen MR) is 295 cm³/mol. The van der Waals surface area contributed by atoms with E-state index in [9.17, 15) is 0 Å². The maximum absolute atomic E-state index is 7.19. The molecular weight excluding hydrogens is 905 g/mol. The first-order valence-electron chi connectivity index (χ1n) is 25.0. The normalized spacial score (nSPS) is 13.4. The summed E-state index contributed by atoms with van der Waals surface area (Å²) < 4.78 is 32.7. The molecule has 0 atom stereocenters. The molecule has 70 heavy (non-hydrogen) atoms. The van der Waals surface area contributed by atoms with Gasteiger partial charge in [-0.3, -0.25) is 0 Å². The Kier molecular flexibility index (Phi) is 16.3. The van der Waals surface area contributed by atoms with E-state index in [1.165, 1.54) is 22.3 Å². The zero-order valence-electron chi connectivity index (χ0n) is 45.2. The molecule has 8 nitrogen and oxygen atoms in total. The summed E-state index contributed by atoms with van der Waals surface area (Å²) in [6.45, 7) is 29.6. The molecule has 6 aromatic rings. The van der Waals surface area contributed by atoms with E-state index in [2.05, 4.69) is 144 Å². The molecule has 0 radical (unpaired) electrons. The summed E-state index contributed by atoms with van der Waals surface area (Å²) in [6.07, 6.45) is 14.4. The van der Waals surface area contributed by atoms with Gasteiger partial charge in [0.05, 0.1) is 13.2 Å². The molecule has 1 aliphatic rings. The number of aryl methyl sites for hydroxylation is 2. The molecule has 10 heteroatoms. The van der Waals surface area contributed by atoms with Gasteiger partial charge in [0.1, 0.15) is 47.9 Å². The Morgan fingerprint density at radius 1 is 0.414 bits per heavy atom. The molecule has 0 unspecified atom stereocenters. The first-order chi connectivity index (χ1) is 32.9. The molecule has 2 aromatic heterocycles. The van der Waals surface area contributed by atoms with Gasteiger partial charge in [0.2, 0.25) is 0 Å². The van der Waals surface area contributed by atoms with Crippen LogP contribution in [0.3, 0.4) is 0 Å². The number of ether oxygens (including phenoxy) is 4. The summed E-state index contributed by atoms with van der Waals surface area (Å²) in [5.41, 5.74) is 13.6. The maximum atomic E-state index is 7.19. The SMILES string of the molecule is CSCCOc1c2cc(C(C)(C)C)cc1Cc1cc(C(C)(C)C)cc(c1OCc1nccn1C)Cc1cc(C(C)(C)C)cc(c1OCCSC)Cc1cc(C(C)(C)C)cc(c1OCc1nccn1C)C2. The van der Waals surface area contributed by atoms with Crippen molar-refractivity contribution in [3.05, 3.63) is 152 Å². The summed E-state index contributed by atoms with van der Waals surface area (Å²) in [6, 6.07) is 19.2. The van der Waals surface area contributed by atoms with Crippen LogP contribution in [0.4, 0.5) is 0 Å². The zero-order chi connectivity index (χ0) is 50.8. The fraction of sp³-hybridized carbons (Fsp3) is 0.500. The Hall–Kier alpha value is -4.80. The minimum atomic E-state index is -0.145. The molecular formula is C60H80N4O4S2. The van der Waals surface area contributed by atoms with Crippen molar-refractivity contribution in [3.8, 4) is 23.0 Å². The quantitative estimate of drug-likeness (QED) is 0.0998. The molecule has 0 N–H and O–H groups in total. The average molecular weight is 985 g/mol. The third-order valence-electron chi connectivity index (χ3n) is 13.6. The van der Waals surface area contributed by atoms with Crippen LogP contribution in [0.2, 0.25) is 0 Å². The van der Waals surface area contributed by atoms with Crippen molar-refractivity contribution >= 4 is 23.5 Å². The molecule has 2 heterocycles. The van der Waals surface area contributed by atoms with Gasteiger partial charge in [0.25, 0.3) is 0 Å². The minimum absolute atomic E-state index is 0.145. The molecule has 7 rings (SSSR count). The fourth-order valence-electron chi connectivity index (χ4n) is 9.16. The summed E-state index contributed by atoms with van der Waals surface area (Å²) in [4.78, 5) is 9.43. The van der Waals surface area contributed by atoms with Gasteiger partial charge < -0.3 is 28.1 Å². The number of nitrogens with zero attached hydrogens (tertiary/aromatic N) is 4. The number of benzene rings is 4. The summed E-state index contributed by atoms with van der Waals surface area (Å²) in [5.74, 6) is 7.15. The number of hydrogen-bond acceptors (Lipinski definition) is 8. The summed E-state index contributed by atoms with van der Waals surface area (Å²) in [7, 11) is 4.06. The van der Waals surface area contributed by atoms with Crippen LogP contribution in [0, 0.1) is 0 Å². The average Bonchev–Trinajstić information content (AvgIpc) is 3.88. The van der Waals surface area contributed by atoms with Crippen molar-refractivity contribution in [2.45, 2.75) is 144 Å². The first-order valence-corrected chi connectivity index (χ1v) is 27.8. The van der Waals surface area contributed by atoms with Gasteiger partial charge in [-0.25, -0.2) is 9.97 Å². The molecule has 0 aliphatic heterocycles. The minimum Gasteiger partial charge on any atom is -0.492 e. The van der Waals surface area contributed by atoms with Gasteiger partial charge in [-0.2, -0.15) is 23.5 Å². The summed E-state index contributed by atoms with van der Waals surface area (Å²) >= 11 is 3.61. The molecule has 1 aliphatic carbocycles. The van der Waals surface area contributed by atoms with Crippen LogP contribution < -0.4 is 18.9 Å². The van der Waals surface area contributed by atoms with Crippen LogP contribution in [-0.4, -0.2) is 56.3 Å². The molecule has 0 saturated carbocycles. The number of hydrogen-bond donors (Lipinski definition) is 0. The van der Waals surface area contributed by atoms with Gasteiger partial charge in [-0.1, -0.05) is 132 Å². The Bertz CT molecular complexity index is 2490. The second-order valence-corrected chi connectivity index (χ2v) is 25.3. The largest absolute Gasteiger partial charge is 0.492 e. The number of thioether (sulfide) groups is 2. The number of aromatic nitrogens is 4. The van der Waals surface area contributed by atoms with E-state index in [-0.39, 0.29) is 21.7 Å². The molecule has 8 bridgehead atoms. The van der Waals surface area contributed by atoms with Crippen LogP contribution in [0.1, 0.15) is 161 Å². The molecule has 0 amide bonds. The van der Waals surface area contributed by atoms with E-state index in [4.69, 9.17) is 28.9 Å². The number of fused-ring (bicyclic) bond motifs is 8. The highest BCUT2D eigenvalue weighted by molar-refractivity contribution is 7.98. The summed E-state index contributed by atoms with van der Waals surface area (Å²) in [5, 5.41) is 0. The lowest BCUT2D eigenvalue weighted by Gasteiger charge is -2.29. The standard InChI is InChI=1S/C60H80N4O4S2/c1-57(2,3)47-29-39-25-43-33-49(59(7,8)9)35-45(55(43)67-37-51-61-17-19-63(51)13)27-41-31-48(58(4,5)6)32-42(54(41)66-22-24-70-16)28-46-36-50(60(10,11)12)34-44(26-40(30-47)53(39)65-21-23-69-15)56(46)68-38-52-62-18-20-64(52)14/h17-20,29-36H,21-28,37-38H2,1-16H3. The fourth-order valence-corrected chi connectivity index (χ4v) is 9.66. The third kappa shape index (κ3) is 12.6. The maximum Gasteiger partial charge on any atom is 0.146 e. The van der Waals surface area contributed by atoms with Crippen LogP contribution in [0.15, 0.2) is 73.3 Å². The predicted octanol–water partition coefficient (Wildman–Crippen LogP) is 13.7. The Morgan fingerprint density at radius 3 is 0.857 bits per heavy atom. The number of imidazole rings is 2. The Labute approximate surface area is 429 Å². The lowest BCUT2D eigenvalue weighted by Crippen LogP contribution is -2.18. The smallest absolute Gasteiger partial charge is 0.146 e. The molecule has 0 saturated heterocycles. The van der Waals surface area contributed by atoms with Crippen molar-refractivity contribution in [2.75, 3.05) is 37.2 Å². The van der Waals surface area contributed by atoms with E-state index in [1.807, 2.05) is 48.0 Å².